The predicted molar refractivity (Wildman–Crippen MR) is 78.5 cm³/mol. The maximum absolute atomic E-state index is 13.8. The van der Waals surface area contributed by atoms with Gasteiger partial charge in [-0.2, -0.15) is 0 Å². The van der Waals surface area contributed by atoms with Crippen LogP contribution >= 0.6 is 0 Å². The van der Waals surface area contributed by atoms with Gasteiger partial charge in [0.2, 0.25) is 10.0 Å². The van der Waals surface area contributed by atoms with E-state index in [0.29, 0.717) is 6.54 Å². The van der Waals surface area contributed by atoms with E-state index in [1.54, 1.807) is 26.8 Å². The van der Waals surface area contributed by atoms with E-state index in [4.69, 9.17) is 0 Å². The summed E-state index contributed by atoms with van der Waals surface area (Å²) >= 11 is 0. The first-order valence-corrected chi connectivity index (χ1v) is 8.05. The molecule has 114 valence electrons. The van der Waals surface area contributed by atoms with Crippen molar-refractivity contribution in [1.82, 2.24) is 10.0 Å². The van der Waals surface area contributed by atoms with Crippen LogP contribution in [0.1, 0.15) is 40.2 Å². The van der Waals surface area contributed by atoms with Gasteiger partial charge in [0.15, 0.2) is 0 Å². The van der Waals surface area contributed by atoms with Crippen LogP contribution in [0.4, 0.5) is 4.39 Å². The van der Waals surface area contributed by atoms with Gasteiger partial charge in [0, 0.05) is 18.1 Å². The van der Waals surface area contributed by atoms with Gasteiger partial charge in [0.1, 0.15) is 10.7 Å². The third kappa shape index (κ3) is 5.19. The molecule has 0 fully saturated rings. The molecule has 0 amide bonds. The van der Waals surface area contributed by atoms with Crippen LogP contribution < -0.4 is 10.0 Å². The minimum absolute atomic E-state index is 0.271. The van der Waals surface area contributed by atoms with E-state index in [1.165, 1.54) is 12.1 Å². The Morgan fingerprint density at radius 2 is 1.85 bits per heavy atom. The first kappa shape index (κ1) is 17.1. The van der Waals surface area contributed by atoms with Crippen molar-refractivity contribution in [3.05, 3.63) is 29.6 Å². The molecule has 0 aliphatic rings. The second-order valence-electron chi connectivity index (χ2n) is 6.16. The topological polar surface area (TPSA) is 58.2 Å². The molecule has 0 saturated heterocycles. The Bertz CT molecular complexity index is 563. The van der Waals surface area contributed by atoms with Crippen molar-refractivity contribution in [2.24, 2.45) is 0 Å². The van der Waals surface area contributed by atoms with E-state index >= 15 is 0 Å². The molecule has 0 heterocycles. The lowest BCUT2D eigenvalue weighted by Crippen LogP contribution is -2.40. The highest BCUT2D eigenvalue weighted by molar-refractivity contribution is 7.89. The van der Waals surface area contributed by atoms with Crippen molar-refractivity contribution in [2.75, 3.05) is 0 Å². The molecular formula is C14H23FN2O2S. The molecule has 4 nitrogen and oxygen atoms in total. The Balaban J connectivity index is 3.08. The van der Waals surface area contributed by atoms with Crippen LogP contribution in [-0.4, -0.2) is 20.0 Å². The molecule has 0 aliphatic heterocycles. The average molecular weight is 302 g/mol. The Labute approximate surface area is 120 Å². The highest BCUT2D eigenvalue weighted by atomic mass is 32.2. The monoisotopic (exact) mass is 302 g/mol. The van der Waals surface area contributed by atoms with Crippen LogP contribution in [-0.2, 0) is 16.6 Å². The third-order valence-corrected chi connectivity index (χ3v) is 4.21. The van der Waals surface area contributed by atoms with E-state index in [9.17, 15) is 12.8 Å². The largest absolute Gasteiger partial charge is 0.310 e. The van der Waals surface area contributed by atoms with Gasteiger partial charge in [-0.3, -0.25) is 0 Å². The standard InChI is InChI=1S/C14H23FN2O2S/c1-10(2)16-9-11-6-7-12(15)13(8-11)20(18,19)17-14(3,4)5/h6-8,10,16-17H,9H2,1-5H3. The van der Waals surface area contributed by atoms with Crippen LogP contribution in [0.3, 0.4) is 0 Å². The molecular weight excluding hydrogens is 279 g/mol. The van der Waals surface area contributed by atoms with Crippen molar-refractivity contribution in [3.8, 4) is 0 Å². The molecule has 0 bridgehead atoms. The van der Waals surface area contributed by atoms with Gasteiger partial charge >= 0.3 is 0 Å². The molecule has 1 rings (SSSR count). The molecule has 0 aromatic heterocycles. The normalized spacial score (nSPS) is 12.9. The van der Waals surface area contributed by atoms with Crippen molar-refractivity contribution >= 4 is 10.0 Å². The molecule has 2 N–H and O–H groups in total. The summed E-state index contributed by atoms with van der Waals surface area (Å²) in [5, 5.41) is 3.17. The van der Waals surface area contributed by atoms with E-state index in [-0.39, 0.29) is 10.9 Å². The van der Waals surface area contributed by atoms with E-state index in [1.807, 2.05) is 13.8 Å². The maximum atomic E-state index is 13.8. The zero-order valence-electron chi connectivity index (χ0n) is 12.6. The fraction of sp³-hybridized carbons (Fsp3) is 0.571. The molecule has 6 heteroatoms. The lowest BCUT2D eigenvalue weighted by molar-refractivity contribution is 0.486. The van der Waals surface area contributed by atoms with Crippen molar-refractivity contribution in [2.45, 2.75) is 57.6 Å². The van der Waals surface area contributed by atoms with Gasteiger partial charge in [-0.1, -0.05) is 19.9 Å². The maximum Gasteiger partial charge on any atom is 0.243 e. The molecule has 0 aliphatic carbocycles. The Hall–Kier alpha value is -0.980. The second kappa shape index (κ2) is 6.20. The zero-order chi connectivity index (χ0) is 15.6. The van der Waals surface area contributed by atoms with Gasteiger partial charge in [-0.05, 0) is 38.5 Å². The molecule has 0 saturated carbocycles. The molecule has 0 radical (unpaired) electrons. The smallest absolute Gasteiger partial charge is 0.243 e. The number of rotatable bonds is 5. The third-order valence-electron chi connectivity index (χ3n) is 2.44. The highest BCUT2D eigenvalue weighted by Crippen LogP contribution is 2.18. The lowest BCUT2D eigenvalue weighted by atomic mass is 10.1. The van der Waals surface area contributed by atoms with Crippen LogP contribution in [0, 0.1) is 5.82 Å². The summed E-state index contributed by atoms with van der Waals surface area (Å²) in [6.07, 6.45) is 0. The van der Waals surface area contributed by atoms with Crippen LogP contribution in [0.15, 0.2) is 23.1 Å². The molecule has 1 aromatic carbocycles. The molecule has 0 unspecified atom stereocenters. The zero-order valence-corrected chi connectivity index (χ0v) is 13.4. The summed E-state index contributed by atoms with van der Waals surface area (Å²) in [7, 11) is -3.86. The van der Waals surface area contributed by atoms with E-state index in [2.05, 4.69) is 10.0 Å². The molecule has 0 spiro atoms. The van der Waals surface area contributed by atoms with Crippen LogP contribution in [0.2, 0.25) is 0 Å². The number of hydrogen-bond donors (Lipinski definition) is 2. The first-order chi connectivity index (χ1) is 9.01. The van der Waals surface area contributed by atoms with Gasteiger partial charge < -0.3 is 5.32 Å². The molecule has 1 aromatic rings. The van der Waals surface area contributed by atoms with Gasteiger partial charge in [0.25, 0.3) is 0 Å². The highest BCUT2D eigenvalue weighted by Gasteiger charge is 2.25. The van der Waals surface area contributed by atoms with Gasteiger partial charge in [0.05, 0.1) is 0 Å². The van der Waals surface area contributed by atoms with Gasteiger partial charge in [-0.25, -0.2) is 17.5 Å². The Morgan fingerprint density at radius 3 is 2.35 bits per heavy atom. The average Bonchev–Trinajstić information content (AvgIpc) is 2.24. The predicted octanol–water partition coefficient (Wildman–Crippen LogP) is 2.40. The fourth-order valence-electron chi connectivity index (χ4n) is 1.64. The van der Waals surface area contributed by atoms with Gasteiger partial charge in [-0.15, -0.1) is 0 Å². The van der Waals surface area contributed by atoms with Crippen LogP contribution in [0.5, 0.6) is 0 Å². The fourth-order valence-corrected chi connectivity index (χ4v) is 3.19. The Morgan fingerprint density at radius 1 is 1.25 bits per heavy atom. The second-order valence-corrected chi connectivity index (χ2v) is 7.81. The van der Waals surface area contributed by atoms with Crippen LogP contribution in [0.25, 0.3) is 0 Å². The Kier molecular flexibility index (Phi) is 5.29. The number of benzene rings is 1. The van der Waals surface area contributed by atoms with E-state index < -0.39 is 21.4 Å². The summed E-state index contributed by atoms with van der Waals surface area (Å²) in [6.45, 7) is 9.62. The van der Waals surface area contributed by atoms with Crippen molar-refractivity contribution in [1.29, 1.82) is 0 Å². The number of hydrogen-bond acceptors (Lipinski definition) is 3. The molecule has 0 atom stereocenters. The lowest BCUT2D eigenvalue weighted by Gasteiger charge is -2.21. The summed E-state index contributed by atoms with van der Waals surface area (Å²) < 4.78 is 40.6. The molecule has 20 heavy (non-hydrogen) atoms. The minimum Gasteiger partial charge on any atom is -0.310 e. The number of nitrogens with one attached hydrogen (secondary N) is 2. The SMILES string of the molecule is CC(C)NCc1ccc(F)c(S(=O)(=O)NC(C)(C)C)c1. The number of sulfonamides is 1. The summed E-state index contributed by atoms with van der Waals surface area (Å²) in [5.74, 6) is -0.741. The van der Waals surface area contributed by atoms with Crippen molar-refractivity contribution < 1.29 is 12.8 Å². The first-order valence-electron chi connectivity index (χ1n) is 6.57. The number of halogens is 1. The summed E-state index contributed by atoms with van der Waals surface area (Å²) in [6, 6.07) is 4.42. The quantitative estimate of drug-likeness (QED) is 0.878. The van der Waals surface area contributed by atoms with Crippen molar-refractivity contribution in [3.63, 3.8) is 0 Å². The minimum atomic E-state index is -3.86. The van der Waals surface area contributed by atoms with E-state index in [0.717, 1.165) is 5.56 Å². The summed E-state index contributed by atoms with van der Waals surface area (Å²) in [5.41, 5.74) is 0.0756. The summed E-state index contributed by atoms with van der Waals surface area (Å²) in [4.78, 5) is -0.310.